The van der Waals surface area contributed by atoms with Crippen LogP contribution in [0.4, 0.5) is 4.79 Å². The fourth-order valence-electron chi connectivity index (χ4n) is 2.75. The van der Waals surface area contributed by atoms with Gasteiger partial charge in [0.05, 0.1) is 5.60 Å². The van der Waals surface area contributed by atoms with Crippen LogP contribution >= 0.6 is 0 Å². The van der Waals surface area contributed by atoms with Gasteiger partial charge < -0.3 is 20.5 Å². The van der Waals surface area contributed by atoms with Crippen molar-refractivity contribution in [3.63, 3.8) is 0 Å². The van der Waals surface area contributed by atoms with Gasteiger partial charge in [-0.25, -0.2) is 4.79 Å². The zero-order valence-electron chi connectivity index (χ0n) is 14.9. The van der Waals surface area contributed by atoms with E-state index < -0.39 is 11.2 Å². The van der Waals surface area contributed by atoms with E-state index >= 15 is 0 Å². The molecule has 1 saturated carbocycles. The van der Waals surface area contributed by atoms with Crippen LogP contribution in [0.15, 0.2) is 0 Å². The number of ether oxygens (including phenoxy) is 1. The fraction of sp³-hybridized carbons (Fsp3) is 0.941. The molecule has 0 heterocycles. The Morgan fingerprint density at radius 2 is 1.59 bits per heavy atom. The maximum atomic E-state index is 11.8. The standard InChI is InChI=1S/C17H34N2O3/c1-6-17(21,7-2)12-18-13-8-10-14(11-9-13)19-15(20)22-16(3,4)5/h13-14,18,21H,6-12H2,1-5H3,(H,19,20). The van der Waals surface area contributed by atoms with Crippen molar-refractivity contribution in [2.24, 2.45) is 0 Å². The average Bonchev–Trinajstić information content (AvgIpc) is 2.44. The highest BCUT2D eigenvalue weighted by molar-refractivity contribution is 5.68. The molecule has 0 aromatic rings. The molecule has 1 rings (SSSR count). The third-order valence-corrected chi connectivity index (χ3v) is 4.48. The summed E-state index contributed by atoms with van der Waals surface area (Å²) in [5.41, 5.74) is -1.04. The molecule has 0 unspecified atom stereocenters. The number of hydrogen-bond donors (Lipinski definition) is 3. The maximum absolute atomic E-state index is 11.8. The molecule has 0 aliphatic heterocycles. The molecule has 1 amide bonds. The number of carbonyl (C=O) groups excluding carboxylic acids is 1. The lowest BCUT2D eigenvalue weighted by Crippen LogP contribution is -2.47. The van der Waals surface area contributed by atoms with Gasteiger partial charge in [0.15, 0.2) is 0 Å². The van der Waals surface area contributed by atoms with Crippen molar-refractivity contribution in [1.82, 2.24) is 10.6 Å². The second-order valence-corrected chi connectivity index (χ2v) is 7.51. The van der Waals surface area contributed by atoms with Crippen LogP contribution < -0.4 is 10.6 Å². The monoisotopic (exact) mass is 314 g/mol. The van der Waals surface area contributed by atoms with Gasteiger partial charge in [0.1, 0.15) is 5.60 Å². The Morgan fingerprint density at radius 1 is 1.09 bits per heavy atom. The Hall–Kier alpha value is -0.810. The summed E-state index contributed by atoms with van der Waals surface area (Å²) < 4.78 is 5.29. The van der Waals surface area contributed by atoms with Gasteiger partial charge in [0.25, 0.3) is 0 Å². The van der Waals surface area contributed by atoms with Crippen LogP contribution in [-0.4, -0.2) is 41.0 Å². The number of carbonyl (C=O) groups is 1. The van der Waals surface area contributed by atoms with Crippen molar-refractivity contribution in [3.05, 3.63) is 0 Å². The van der Waals surface area contributed by atoms with E-state index in [2.05, 4.69) is 10.6 Å². The molecule has 22 heavy (non-hydrogen) atoms. The molecule has 1 aliphatic rings. The van der Waals surface area contributed by atoms with Crippen LogP contribution in [0.3, 0.4) is 0 Å². The number of hydrogen-bond acceptors (Lipinski definition) is 4. The van der Waals surface area contributed by atoms with Gasteiger partial charge in [-0.2, -0.15) is 0 Å². The smallest absolute Gasteiger partial charge is 0.407 e. The zero-order chi connectivity index (χ0) is 16.8. The lowest BCUT2D eigenvalue weighted by Gasteiger charge is -2.33. The molecule has 0 saturated heterocycles. The quantitative estimate of drug-likeness (QED) is 0.705. The Kier molecular flexibility index (Phi) is 7.13. The number of alkyl carbamates (subject to hydrolysis) is 1. The summed E-state index contributed by atoms with van der Waals surface area (Å²) in [5.74, 6) is 0. The predicted molar refractivity (Wildman–Crippen MR) is 88.9 cm³/mol. The van der Waals surface area contributed by atoms with Gasteiger partial charge in [0, 0.05) is 18.6 Å². The molecule has 1 fully saturated rings. The largest absolute Gasteiger partial charge is 0.444 e. The van der Waals surface area contributed by atoms with Gasteiger partial charge in [-0.15, -0.1) is 0 Å². The first-order valence-electron chi connectivity index (χ1n) is 8.62. The van der Waals surface area contributed by atoms with E-state index in [4.69, 9.17) is 4.74 Å². The molecule has 0 radical (unpaired) electrons. The van der Waals surface area contributed by atoms with Crippen LogP contribution in [0.2, 0.25) is 0 Å². The van der Waals surface area contributed by atoms with Crippen LogP contribution in [0, 0.1) is 0 Å². The summed E-state index contributed by atoms with van der Waals surface area (Å²) in [6.45, 7) is 10.3. The molecule has 5 nitrogen and oxygen atoms in total. The number of aliphatic hydroxyl groups is 1. The van der Waals surface area contributed by atoms with E-state index in [-0.39, 0.29) is 12.1 Å². The molecule has 0 bridgehead atoms. The molecule has 0 spiro atoms. The number of amides is 1. The van der Waals surface area contributed by atoms with E-state index in [0.717, 1.165) is 38.5 Å². The van der Waals surface area contributed by atoms with Crippen molar-refractivity contribution in [2.75, 3.05) is 6.54 Å². The minimum Gasteiger partial charge on any atom is -0.444 e. The molecule has 0 aromatic carbocycles. The topological polar surface area (TPSA) is 70.6 Å². The predicted octanol–water partition coefficient (Wildman–Crippen LogP) is 2.96. The van der Waals surface area contributed by atoms with Crippen LogP contribution in [0.1, 0.15) is 73.1 Å². The molecule has 5 heteroatoms. The first-order valence-corrected chi connectivity index (χ1v) is 8.62. The number of nitrogens with one attached hydrogen (secondary N) is 2. The Bertz CT molecular complexity index is 340. The van der Waals surface area contributed by atoms with Crippen molar-refractivity contribution >= 4 is 6.09 Å². The van der Waals surface area contributed by atoms with Crippen molar-refractivity contribution in [1.29, 1.82) is 0 Å². The van der Waals surface area contributed by atoms with Gasteiger partial charge in [0.2, 0.25) is 0 Å². The first-order chi connectivity index (χ1) is 10.2. The van der Waals surface area contributed by atoms with E-state index in [1.807, 2.05) is 34.6 Å². The first kappa shape index (κ1) is 19.2. The molecule has 3 N–H and O–H groups in total. The summed E-state index contributed by atoms with van der Waals surface area (Å²) in [7, 11) is 0. The highest BCUT2D eigenvalue weighted by Gasteiger charge is 2.27. The maximum Gasteiger partial charge on any atom is 0.407 e. The normalized spacial score (nSPS) is 23.2. The Labute approximate surface area is 135 Å². The molecule has 1 aliphatic carbocycles. The Balaban J connectivity index is 2.27. The third-order valence-electron chi connectivity index (χ3n) is 4.48. The minimum atomic E-state index is -0.592. The van der Waals surface area contributed by atoms with Crippen molar-refractivity contribution in [2.45, 2.75) is 96.4 Å². The number of rotatable bonds is 6. The summed E-state index contributed by atoms with van der Waals surface area (Å²) in [5, 5.41) is 16.7. The van der Waals surface area contributed by atoms with Crippen LogP contribution in [0.5, 0.6) is 0 Å². The Morgan fingerprint density at radius 3 is 2.05 bits per heavy atom. The van der Waals surface area contributed by atoms with Crippen molar-refractivity contribution < 1.29 is 14.6 Å². The molecular weight excluding hydrogens is 280 g/mol. The van der Waals surface area contributed by atoms with Gasteiger partial charge in [-0.05, 0) is 59.3 Å². The summed E-state index contributed by atoms with van der Waals surface area (Å²) in [6.07, 6.45) is 5.16. The van der Waals surface area contributed by atoms with E-state index in [9.17, 15) is 9.90 Å². The molecule has 0 atom stereocenters. The summed E-state index contributed by atoms with van der Waals surface area (Å²) in [6, 6.07) is 0.630. The van der Waals surface area contributed by atoms with Gasteiger partial charge in [-0.1, -0.05) is 13.8 Å². The molecular formula is C17H34N2O3. The summed E-state index contributed by atoms with van der Waals surface area (Å²) in [4.78, 5) is 11.8. The second kappa shape index (κ2) is 8.16. The fourth-order valence-corrected chi connectivity index (χ4v) is 2.75. The van der Waals surface area contributed by atoms with Crippen LogP contribution in [0.25, 0.3) is 0 Å². The molecule has 0 aromatic heterocycles. The third kappa shape index (κ3) is 6.97. The summed E-state index contributed by atoms with van der Waals surface area (Å²) >= 11 is 0. The average molecular weight is 314 g/mol. The second-order valence-electron chi connectivity index (χ2n) is 7.51. The van der Waals surface area contributed by atoms with E-state index in [1.54, 1.807) is 0 Å². The SMILES string of the molecule is CCC(O)(CC)CNC1CCC(NC(=O)OC(C)(C)C)CC1. The van der Waals surface area contributed by atoms with Gasteiger partial charge >= 0.3 is 6.09 Å². The molecule has 130 valence electrons. The lowest BCUT2D eigenvalue weighted by molar-refractivity contribution is 0.0280. The highest BCUT2D eigenvalue weighted by Crippen LogP contribution is 2.21. The van der Waals surface area contributed by atoms with Gasteiger partial charge in [-0.3, -0.25) is 0 Å². The van der Waals surface area contributed by atoms with E-state index in [1.165, 1.54) is 0 Å². The lowest BCUT2D eigenvalue weighted by atomic mass is 9.90. The minimum absolute atomic E-state index is 0.198. The van der Waals surface area contributed by atoms with Crippen LogP contribution in [-0.2, 0) is 4.74 Å². The highest BCUT2D eigenvalue weighted by atomic mass is 16.6. The van der Waals surface area contributed by atoms with E-state index in [0.29, 0.717) is 12.6 Å². The van der Waals surface area contributed by atoms with Crippen molar-refractivity contribution in [3.8, 4) is 0 Å². The zero-order valence-corrected chi connectivity index (χ0v) is 14.9.